The third kappa shape index (κ3) is 4.56. The number of benzene rings is 1. The number of hydrogen-bond acceptors (Lipinski definition) is 4. The van der Waals surface area contributed by atoms with Crippen molar-refractivity contribution in [1.29, 1.82) is 0 Å². The Morgan fingerprint density at radius 2 is 1.92 bits per heavy atom. The topological polar surface area (TPSA) is 48.0 Å². The summed E-state index contributed by atoms with van der Waals surface area (Å²) >= 11 is 0. The molecular weight excluding hydrogens is 339 g/mol. The largest absolute Gasteiger partial charge is 0.480 e. The standard InChI is InChI=1S/C17H20F3NO4/c18-17(19,20)12-25-14-4-2-1-3-13(14)24-9-15(22)21-7-5-16(10-21)6-8-23-11-16/h1-4H,5-12H2. The fraction of sp³-hybridized carbons (Fsp3) is 0.588. The number of nitrogens with zero attached hydrogens (tertiary/aromatic N) is 1. The van der Waals surface area contributed by atoms with Crippen LogP contribution in [0.2, 0.25) is 0 Å². The van der Waals surface area contributed by atoms with E-state index in [0.717, 1.165) is 19.4 Å². The molecule has 0 aromatic heterocycles. The molecule has 25 heavy (non-hydrogen) atoms. The van der Waals surface area contributed by atoms with E-state index < -0.39 is 12.8 Å². The Labute approximate surface area is 143 Å². The molecule has 2 aliphatic rings. The van der Waals surface area contributed by atoms with E-state index in [9.17, 15) is 18.0 Å². The van der Waals surface area contributed by atoms with Gasteiger partial charge in [0.2, 0.25) is 0 Å². The summed E-state index contributed by atoms with van der Waals surface area (Å²) < 4.78 is 52.5. The van der Waals surface area contributed by atoms with E-state index in [0.29, 0.717) is 19.7 Å². The van der Waals surface area contributed by atoms with Crippen molar-refractivity contribution in [2.75, 3.05) is 39.5 Å². The van der Waals surface area contributed by atoms with Crippen LogP contribution >= 0.6 is 0 Å². The van der Waals surface area contributed by atoms with Gasteiger partial charge in [-0.2, -0.15) is 13.2 Å². The van der Waals surface area contributed by atoms with Crippen molar-refractivity contribution < 1.29 is 32.2 Å². The number of para-hydroxylation sites is 2. The number of ether oxygens (including phenoxy) is 3. The molecule has 2 fully saturated rings. The molecule has 138 valence electrons. The average molecular weight is 359 g/mol. The van der Waals surface area contributed by atoms with Gasteiger partial charge < -0.3 is 19.1 Å². The van der Waals surface area contributed by atoms with Gasteiger partial charge in [-0.05, 0) is 25.0 Å². The minimum Gasteiger partial charge on any atom is -0.480 e. The summed E-state index contributed by atoms with van der Waals surface area (Å²) in [4.78, 5) is 14.1. The molecule has 1 atom stereocenters. The van der Waals surface area contributed by atoms with Crippen LogP contribution in [-0.2, 0) is 9.53 Å². The second kappa shape index (κ2) is 7.11. The Kier molecular flexibility index (Phi) is 5.08. The lowest BCUT2D eigenvalue weighted by Gasteiger charge is -2.22. The molecule has 1 aromatic rings. The van der Waals surface area contributed by atoms with Crippen LogP contribution in [0.25, 0.3) is 0 Å². The van der Waals surface area contributed by atoms with E-state index >= 15 is 0 Å². The second-order valence-electron chi connectivity index (χ2n) is 6.51. The normalized spacial score (nSPS) is 23.2. The highest BCUT2D eigenvalue weighted by Crippen LogP contribution is 2.38. The molecule has 2 heterocycles. The highest BCUT2D eigenvalue weighted by Gasteiger charge is 2.42. The van der Waals surface area contributed by atoms with Gasteiger partial charge in [-0.3, -0.25) is 4.79 Å². The van der Waals surface area contributed by atoms with E-state index in [1.54, 1.807) is 17.0 Å². The van der Waals surface area contributed by atoms with Crippen molar-refractivity contribution in [3.05, 3.63) is 24.3 Å². The van der Waals surface area contributed by atoms with Crippen molar-refractivity contribution in [2.24, 2.45) is 5.41 Å². The van der Waals surface area contributed by atoms with Crippen LogP contribution in [-0.4, -0.2) is 56.5 Å². The minimum absolute atomic E-state index is 0.0327. The summed E-state index contributed by atoms with van der Waals surface area (Å²) in [7, 11) is 0. The second-order valence-corrected chi connectivity index (χ2v) is 6.51. The number of carbonyl (C=O) groups excluding carboxylic acids is 1. The van der Waals surface area contributed by atoms with E-state index in [-0.39, 0.29) is 29.4 Å². The van der Waals surface area contributed by atoms with Gasteiger partial charge in [-0.15, -0.1) is 0 Å². The molecule has 5 nitrogen and oxygen atoms in total. The third-order valence-corrected chi connectivity index (χ3v) is 4.57. The number of hydrogen-bond donors (Lipinski definition) is 0. The summed E-state index contributed by atoms with van der Waals surface area (Å²) in [5.74, 6) is -0.0951. The fourth-order valence-electron chi connectivity index (χ4n) is 3.20. The molecular formula is C17H20F3NO4. The van der Waals surface area contributed by atoms with Crippen LogP contribution in [0, 0.1) is 5.41 Å². The van der Waals surface area contributed by atoms with Gasteiger partial charge in [0.25, 0.3) is 5.91 Å². The Hall–Kier alpha value is -1.96. The maximum absolute atomic E-state index is 12.3. The molecule has 8 heteroatoms. The first-order chi connectivity index (χ1) is 11.9. The Balaban J connectivity index is 1.54. The first-order valence-electron chi connectivity index (χ1n) is 8.14. The van der Waals surface area contributed by atoms with Gasteiger partial charge in [-0.1, -0.05) is 12.1 Å². The highest BCUT2D eigenvalue weighted by atomic mass is 19.4. The molecule has 0 N–H and O–H groups in total. The van der Waals surface area contributed by atoms with Crippen LogP contribution in [0.5, 0.6) is 11.5 Å². The summed E-state index contributed by atoms with van der Waals surface area (Å²) in [6.07, 6.45) is -2.58. The summed E-state index contributed by atoms with van der Waals surface area (Å²) in [5.41, 5.74) is 0.0589. The van der Waals surface area contributed by atoms with Crippen LogP contribution in [0.4, 0.5) is 13.2 Å². The van der Waals surface area contributed by atoms with Gasteiger partial charge in [-0.25, -0.2) is 0 Å². The first-order valence-corrected chi connectivity index (χ1v) is 8.14. The predicted molar refractivity (Wildman–Crippen MR) is 82.6 cm³/mol. The molecule has 3 rings (SSSR count). The third-order valence-electron chi connectivity index (χ3n) is 4.57. The minimum atomic E-state index is -4.43. The maximum Gasteiger partial charge on any atom is 0.422 e. The summed E-state index contributed by atoms with van der Waals surface area (Å²) in [5, 5.41) is 0. The molecule has 2 saturated heterocycles. The molecule has 1 aromatic carbocycles. The van der Waals surface area contributed by atoms with E-state index in [1.165, 1.54) is 12.1 Å². The molecule has 0 bridgehead atoms. The number of rotatable bonds is 5. The van der Waals surface area contributed by atoms with Crippen molar-refractivity contribution in [3.8, 4) is 11.5 Å². The molecule has 0 saturated carbocycles. The van der Waals surface area contributed by atoms with Crippen molar-refractivity contribution >= 4 is 5.91 Å². The molecule has 2 aliphatic heterocycles. The molecule has 1 unspecified atom stereocenters. The molecule has 1 spiro atoms. The lowest BCUT2D eigenvalue weighted by Crippen LogP contribution is -2.35. The molecule has 0 radical (unpaired) electrons. The average Bonchev–Trinajstić information content (AvgIpc) is 3.21. The fourth-order valence-corrected chi connectivity index (χ4v) is 3.20. The van der Waals surface area contributed by atoms with Crippen molar-refractivity contribution in [3.63, 3.8) is 0 Å². The Morgan fingerprint density at radius 1 is 1.20 bits per heavy atom. The number of carbonyl (C=O) groups is 1. The quantitative estimate of drug-likeness (QED) is 0.811. The molecule has 1 amide bonds. The Bertz CT molecular complexity index is 614. The van der Waals surface area contributed by atoms with Gasteiger partial charge in [0.05, 0.1) is 6.61 Å². The Morgan fingerprint density at radius 3 is 2.56 bits per heavy atom. The van der Waals surface area contributed by atoms with Crippen molar-refractivity contribution in [1.82, 2.24) is 4.90 Å². The van der Waals surface area contributed by atoms with Gasteiger partial charge in [0, 0.05) is 25.1 Å². The van der Waals surface area contributed by atoms with Gasteiger partial charge in [0.1, 0.15) is 0 Å². The number of likely N-dealkylation sites (tertiary alicyclic amines) is 1. The van der Waals surface area contributed by atoms with Gasteiger partial charge >= 0.3 is 6.18 Å². The highest BCUT2D eigenvalue weighted by molar-refractivity contribution is 5.78. The van der Waals surface area contributed by atoms with Crippen LogP contribution in [0.3, 0.4) is 0 Å². The molecule has 0 aliphatic carbocycles. The van der Waals surface area contributed by atoms with E-state index in [2.05, 4.69) is 0 Å². The monoisotopic (exact) mass is 359 g/mol. The van der Waals surface area contributed by atoms with Gasteiger partial charge in [0.15, 0.2) is 24.7 Å². The zero-order chi connectivity index (χ0) is 17.9. The van der Waals surface area contributed by atoms with Crippen molar-refractivity contribution in [2.45, 2.75) is 19.0 Å². The zero-order valence-corrected chi connectivity index (χ0v) is 13.7. The summed E-state index contributed by atoms with van der Waals surface area (Å²) in [6.45, 7) is 1.05. The maximum atomic E-state index is 12.3. The van der Waals surface area contributed by atoms with Crippen LogP contribution < -0.4 is 9.47 Å². The van der Waals surface area contributed by atoms with E-state index in [1.807, 2.05) is 0 Å². The lowest BCUT2D eigenvalue weighted by atomic mass is 9.87. The summed E-state index contributed by atoms with van der Waals surface area (Å²) in [6, 6.07) is 6.02. The SMILES string of the molecule is O=C(COc1ccccc1OCC(F)(F)F)N1CCC2(CCOC2)C1. The first kappa shape index (κ1) is 17.8. The van der Waals surface area contributed by atoms with E-state index in [4.69, 9.17) is 14.2 Å². The lowest BCUT2D eigenvalue weighted by molar-refractivity contribution is -0.153. The smallest absolute Gasteiger partial charge is 0.422 e. The van der Waals surface area contributed by atoms with Crippen LogP contribution in [0.15, 0.2) is 24.3 Å². The number of alkyl halides is 3. The number of halogens is 3. The number of amides is 1. The van der Waals surface area contributed by atoms with Crippen LogP contribution in [0.1, 0.15) is 12.8 Å². The predicted octanol–water partition coefficient (Wildman–Crippen LogP) is 2.65. The zero-order valence-electron chi connectivity index (χ0n) is 13.7.